The van der Waals surface area contributed by atoms with Gasteiger partial charge in [-0.05, 0) is 53.9 Å². The number of amides is 1. The van der Waals surface area contributed by atoms with Crippen molar-refractivity contribution in [3.05, 3.63) is 72.5 Å². The standard InChI is InChI=1S/C22H21FN2O3S/c23-19-8-3-9-20(14-19)24-22(26)18-7-4-12-25(15-18)29(27,28)21-11-10-16-5-1-2-6-17(16)13-21/h1-3,5-6,8-11,13-14,18H,4,7,12,15H2,(H,24,26)/t18-/m0/s1. The van der Waals surface area contributed by atoms with Crippen LogP contribution < -0.4 is 5.32 Å². The zero-order valence-corrected chi connectivity index (χ0v) is 16.5. The maximum Gasteiger partial charge on any atom is 0.243 e. The van der Waals surface area contributed by atoms with Gasteiger partial charge in [0.15, 0.2) is 0 Å². The van der Waals surface area contributed by atoms with Crippen molar-refractivity contribution in [3.63, 3.8) is 0 Å². The number of fused-ring (bicyclic) bond motifs is 1. The van der Waals surface area contributed by atoms with Crippen LogP contribution >= 0.6 is 0 Å². The molecule has 1 atom stereocenters. The molecule has 0 radical (unpaired) electrons. The normalized spacial score (nSPS) is 17.9. The predicted octanol–water partition coefficient (Wildman–Crippen LogP) is 4.02. The molecular weight excluding hydrogens is 391 g/mol. The van der Waals surface area contributed by atoms with Crippen LogP contribution in [0.1, 0.15) is 12.8 Å². The maximum atomic E-state index is 13.3. The summed E-state index contributed by atoms with van der Waals surface area (Å²) in [6.45, 7) is 0.481. The van der Waals surface area contributed by atoms with Gasteiger partial charge in [0.1, 0.15) is 5.82 Å². The fourth-order valence-corrected chi connectivity index (χ4v) is 5.22. The molecule has 1 aliphatic heterocycles. The van der Waals surface area contributed by atoms with Crippen molar-refractivity contribution in [2.75, 3.05) is 18.4 Å². The minimum absolute atomic E-state index is 0.107. The maximum absolute atomic E-state index is 13.3. The third-order valence-electron chi connectivity index (χ3n) is 5.21. The molecule has 0 bridgehead atoms. The summed E-state index contributed by atoms with van der Waals surface area (Å²) in [6.07, 6.45) is 1.18. The van der Waals surface area contributed by atoms with Crippen molar-refractivity contribution in [3.8, 4) is 0 Å². The van der Waals surface area contributed by atoms with Crippen molar-refractivity contribution in [1.29, 1.82) is 0 Å². The van der Waals surface area contributed by atoms with Gasteiger partial charge in [0.25, 0.3) is 0 Å². The highest BCUT2D eigenvalue weighted by Crippen LogP contribution is 2.27. The molecule has 29 heavy (non-hydrogen) atoms. The molecule has 1 N–H and O–H groups in total. The average Bonchev–Trinajstić information content (AvgIpc) is 2.73. The Bertz CT molecular complexity index is 1160. The lowest BCUT2D eigenvalue weighted by molar-refractivity contribution is -0.120. The zero-order valence-electron chi connectivity index (χ0n) is 15.7. The van der Waals surface area contributed by atoms with Crippen LogP contribution in [0.5, 0.6) is 0 Å². The molecule has 7 heteroatoms. The minimum atomic E-state index is -3.71. The Labute approximate surface area is 169 Å². The van der Waals surface area contributed by atoms with Crippen molar-refractivity contribution in [1.82, 2.24) is 4.31 Å². The molecule has 0 spiro atoms. The van der Waals surface area contributed by atoms with E-state index in [1.807, 2.05) is 24.3 Å². The second-order valence-corrected chi connectivity index (χ2v) is 9.15. The molecule has 1 fully saturated rings. The Morgan fingerprint density at radius 3 is 2.59 bits per heavy atom. The van der Waals surface area contributed by atoms with Gasteiger partial charge in [-0.25, -0.2) is 12.8 Å². The smallest absolute Gasteiger partial charge is 0.243 e. The first-order valence-corrected chi connectivity index (χ1v) is 10.9. The van der Waals surface area contributed by atoms with Gasteiger partial charge in [-0.15, -0.1) is 0 Å². The summed E-state index contributed by atoms with van der Waals surface area (Å²) < 4.78 is 41.0. The van der Waals surface area contributed by atoms with E-state index in [2.05, 4.69) is 5.32 Å². The van der Waals surface area contributed by atoms with Crippen LogP contribution in [0.15, 0.2) is 71.6 Å². The summed E-state index contributed by atoms with van der Waals surface area (Å²) in [5.41, 5.74) is 0.365. The quantitative estimate of drug-likeness (QED) is 0.704. The van der Waals surface area contributed by atoms with Gasteiger partial charge in [-0.3, -0.25) is 4.79 Å². The SMILES string of the molecule is O=C(Nc1cccc(F)c1)[C@H]1CCCN(S(=O)(=O)c2ccc3ccccc3c2)C1. The topological polar surface area (TPSA) is 66.5 Å². The molecule has 5 nitrogen and oxygen atoms in total. The third kappa shape index (κ3) is 4.16. The van der Waals surface area contributed by atoms with Gasteiger partial charge in [0.2, 0.25) is 15.9 Å². The molecule has 1 amide bonds. The molecule has 1 saturated heterocycles. The summed E-state index contributed by atoms with van der Waals surface area (Å²) in [7, 11) is -3.71. The predicted molar refractivity (Wildman–Crippen MR) is 110 cm³/mol. The molecule has 0 aliphatic carbocycles. The van der Waals surface area contributed by atoms with Crippen LogP contribution in [-0.2, 0) is 14.8 Å². The minimum Gasteiger partial charge on any atom is -0.326 e. The van der Waals surface area contributed by atoms with Gasteiger partial charge < -0.3 is 5.32 Å². The number of carbonyl (C=O) groups is 1. The number of benzene rings is 3. The molecule has 150 valence electrons. The van der Waals surface area contributed by atoms with E-state index in [1.165, 1.54) is 22.5 Å². The van der Waals surface area contributed by atoms with Crippen LogP contribution in [0.4, 0.5) is 10.1 Å². The summed E-state index contributed by atoms with van der Waals surface area (Å²) in [5.74, 6) is -1.22. The Morgan fingerprint density at radius 1 is 1.00 bits per heavy atom. The first-order chi connectivity index (χ1) is 13.9. The number of rotatable bonds is 4. The Kier molecular flexibility index (Phi) is 5.34. The molecule has 1 aliphatic rings. The summed E-state index contributed by atoms with van der Waals surface area (Å²) in [6, 6.07) is 18.3. The van der Waals surface area contributed by atoms with E-state index in [0.29, 0.717) is 25.1 Å². The molecule has 1 heterocycles. The fourth-order valence-electron chi connectivity index (χ4n) is 3.66. The van der Waals surface area contributed by atoms with Crippen LogP contribution in [-0.4, -0.2) is 31.7 Å². The molecule has 0 saturated carbocycles. The number of anilines is 1. The zero-order chi connectivity index (χ0) is 20.4. The van der Waals surface area contributed by atoms with Crippen molar-refractivity contribution >= 4 is 32.4 Å². The molecule has 3 aromatic rings. The first-order valence-electron chi connectivity index (χ1n) is 9.49. The van der Waals surface area contributed by atoms with E-state index < -0.39 is 21.8 Å². The van der Waals surface area contributed by atoms with E-state index >= 15 is 0 Å². The average molecular weight is 412 g/mol. The lowest BCUT2D eigenvalue weighted by Gasteiger charge is -2.31. The second-order valence-electron chi connectivity index (χ2n) is 7.21. The van der Waals surface area contributed by atoms with Gasteiger partial charge in [0, 0.05) is 18.8 Å². The van der Waals surface area contributed by atoms with Crippen molar-refractivity contribution in [2.24, 2.45) is 5.92 Å². The lowest BCUT2D eigenvalue weighted by Crippen LogP contribution is -2.43. The van der Waals surface area contributed by atoms with Crippen LogP contribution in [0, 0.1) is 11.7 Å². The van der Waals surface area contributed by atoms with E-state index in [0.717, 1.165) is 10.8 Å². The van der Waals surface area contributed by atoms with Crippen molar-refractivity contribution < 1.29 is 17.6 Å². The number of hydrogen-bond acceptors (Lipinski definition) is 3. The highest BCUT2D eigenvalue weighted by atomic mass is 32.2. The van der Waals surface area contributed by atoms with Crippen LogP contribution in [0.2, 0.25) is 0 Å². The van der Waals surface area contributed by atoms with Gasteiger partial charge in [0.05, 0.1) is 10.8 Å². The molecule has 4 rings (SSSR count). The first kappa shape index (κ1) is 19.5. The number of sulfonamides is 1. The van der Waals surface area contributed by atoms with E-state index in [1.54, 1.807) is 24.3 Å². The summed E-state index contributed by atoms with van der Waals surface area (Å²) in [5, 5.41) is 4.51. The number of halogens is 1. The van der Waals surface area contributed by atoms with Crippen LogP contribution in [0.25, 0.3) is 10.8 Å². The third-order valence-corrected chi connectivity index (χ3v) is 7.07. The highest BCUT2D eigenvalue weighted by molar-refractivity contribution is 7.89. The van der Waals surface area contributed by atoms with Gasteiger partial charge >= 0.3 is 0 Å². The van der Waals surface area contributed by atoms with Gasteiger partial charge in [-0.2, -0.15) is 4.31 Å². The Morgan fingerprint density at radius 2 is 1.79 bits per heavy atom. The Hall–Kier alpha value is -2.77. The van der Waals surface area contributed by atoms with Crippen LogP contribution in [0.3, 0.4) is 0 Å². The lowest BCUT2D eigenvalue weighted by atomic mass is 9.99. The molecule has 0 unspecified atom stereocenters. The van der Waals surface area contributed by atoms with E-state index in [9.17, 15) is 17.6 Å². The second kappa shape index (κ2) is 7.93. The molecular formula is C22H21FN2O3S. The fraction of sp³-hybridized carbons (Fsp3) is 0.227. The Balaban J connectivity index is 1.52. The van der Waals surface area contributed by atoms with Crippen molar-refractivity contribution in [2.45, 2.75) is 17.7 Å². The van der Waals surface area contributed by atoms with E-state index in [-0.39, 0.29) is 17.3 Å². The number of hydrogen-bond donors (Lipinski definition) is 1. The molecule has 0 aromatic heterocycles. The monoisotopic (exact) mass is 412 g/mol. The highest BCUT2D eigenvalue weighted by Gasteiger charge is 2.33. The number of nitrogens with one attached hydrogen (secondary N) is 1. The summed E-state index contributed by atoms with van der Waals surface area (Å²) >= 11 is 0. The largest absolute Gasteiger partial charge is 0.326 e. The summed E-state index contributed by atoms with van der Waals surface area (Å²) in [4.78, 5) is 12.8. The molecule has 3 aromatic carbocycles. The number of nitrogens with zero attached hydrogens (tertiary/aromatic N) is 1. The number of piperidine rings is 1. The van der Waals surface area contributed by atoms with Gasteiger partial charge in [-0.1, -0.05) is 36.4 Å². The number of carbonyl (C=O) groups excluding carboxylic acids is 1. The van der Waals surface area contributed by atoms with E-state index in [4.69, 9.17) is 0 Å².